The van der Waals surface area contributed by atoms with Gasteiger partial charge in [-0.2, -0.15) is 5.10 Å². The molecule has 1 saturated carbocycles. The number of nitrogens with zero attached hydrogens (tertiary/aromatic N) is 1. The molecule has 1 amide bonds. The number of anilines is 2. The Kier molecular flexibility index (Phi) is 6.04. The van der Waals surface area contributed by atoms with Gasteiger partial charge in [0.05, 0.1) is 0 Å². The molecule has 1 aliphatic carbocycles. The number of nitrogens with one attached hydrogen (secondary N) is 2. The van der Waals surface area contributed by atoms with Gasteiger partial charge in [0.2, 0.25) is 0 Å². The van der Waals surface area contributed by atoms with Gasteiger partial charge in [0.25, 0.3) is 5.91 Å². The Bertz CT molecular complexity index is 648. The van der Waals surface area contributed by atoms with Crippen LogP contribution in [0.1, 0.15) is 60.5 Å². The largest absolute Gasteiger partial charge is 0.399 e. The number of carbonyl (C=O) groups excluding carboxylic acids is 1. The molecule has 3 rings (SSSR count). The maximum absolute atomic E-state index is 12.2. The third-order valence-electron chi connectivity index (χ3n) is 4.28. The molecule has 0 atom stereocenters. The molecule has 1 aromatic carbocycles. The highest BCUT2D eigenvalue weighted by molar-refractivity contribution is 6.04. The van der Waals surface area contributed by atoms with Gasteiger partial charge in [0.1, 0.15) is 0 Å². The number of H-pyrrole nitrogens is 1. The molecule has 0 unspecified atom stereocenters. The third-order valence-corrected chi connectivity index (χ3v) is 4.28. The molecule has 0 radical (unpaired) electrons. The van der Waals surface area contributed by atoms with Crippen molar-refractivity contribution in [3.63, 3.8) is 0 Å². The lowest BCUT2D eigenvalue weighted by Gasteiger charge is -2.10. The fourth-order valence-electron chi connectivity index (χ4n) is 3.07. The van der Waals surface area contributed by atoms with Crippen LogP contribution in [-0.2, 0) is 0 Å². The zero-order valence-corrected chi connectivity index (χ0v) is 13.9. The maximum atomic E-state index is 12.2. The molecule has 0 aliphatic heterocycles. The molecule has 4 N–H and O–H groups in total. The van der Waals surface area contributed by atoms with Crippen LogP contribution < -0.4 is 11.1 Å². The molecule has 1 aromatic heterocycles. The smallest absolute Gasteiger partial charge is 0.256 e. The molecule has 1 heterocycles. The molecule has 0 spiro atoms. The van der Waals surface area contributed by atoms with Crippen LogP contribution in [0.25, 0.3) is 0 Å². The molecule has 0 saturated heterocycles. The SMILES string of the molecule is Cl.Nc1cccc(C(=O)Nc2cc(C3CCCCCC3)[nH]n2)c1. The van der Waals surface area contributed by atoms with Gasteiger partial charge < -0.3 is 11.1 Å². The van der Waals surface area contributed by atoms with E-state index in [9.17, 15) is 4.79 Å². The second kappa shape index (κ2) is 8.02. The minimum Gasteiger partial charge on any atom is -0.399 e. The van der Waals surface area contributed by atoms with Crippen molar-refractivity contribution in [2.45, 2.75) is 44.4 Å². The average Bonchev–Trinajstić information content (AvgIpc) is 2.81. The van der Waals surface area contributed by atoms with Gasteiger partial charge in [-0.3, -0.25) is 9.89 Å². The third kappa shape index (κ3) is 4.48. The van der Waals surface area contributed by atoms with Crippen molar-refractivity contribution in [2.75, 3.05) is 11.1 Å². The van der Waals surface area contributed by atoms with E-state index in [0.29, 0.717) is 23.0 Å². The van der Waals surface area contributed by atoms with E-state index < -0.39 is 0 Å². The van der Waals surface area contributed by atoms with Crippen LogP contribution in [-0.4, -0.2) is 16.1 Å². The number of aromatic nitrogens is 2. The lowest BCUT2D eigenvalue weighted by Crippen LogP contribution is -2.12. The summed E-state index contributed by atoms with van der Waals surface area (Å²) >= 11 is 0. The molecule has 6 heteroatoms. The Balaban J connectivity index is 0.00000192. The van der Waals surface area contributed by atoms with Gasteiger partial charge >= 0.3 is 0 Å². The predicted molar refractivity (Wildman–Crippen MR) is 95.1 cm³/mol. The number of aromatic amines is 1. The Morgan fingerprint density at radius 2 is 1.91 bits per heavy atom. The number of rotatable bonds is 3. The number of nitrogen functional groups attached to an aromatic ring is 1. The first kappa shape index (κ1) is 17.3. The van der Waals surface area contributed by atoms with E-state index in [-0.39, 0.29) is 18.3 Å². The van der Waals surface area contributed by atoms with Crippen molar-refractivity contribution in [2.24, 2.45) is 0 Å². The Labute approximate surface area is 142 Å². The molecule has 1 aliphatic rings. The highest BCUT2D eigenvalue weighted by atomic mass is 35.5. The molecular weight excluding hydrogens is 312 g/mol. The Morgan fingerprint density at radius 3 is 2.61 bits per heavy atom. The van der Waals surface area contributed by atoms with Gasteiger partial charge in [-0.05, 0) is 31.0 Å². The summed E-state index contributed by atoms with van der Waals surface area (Å²) in [7, 11) is 0. The van der Waals surface area contributed by atoms with E-state index in [0.717, 1.165) is 5.69 Å². The van der Waals surface area contributed by atoms with Crippen molar-refractivity contribution in [3.8, 4) is 0 Å². The van der Waals surface area contributed by atoms with Crippen LogP contribution in [0.5, 0.6) is 0 Å². The van der Waals surface area contributed by atoms with Crippen molar-refractivity contribution >= 4 is 29.8 Å². The van der Waals surface area contributed by atoms with Crippen LogP contribution in [0.2, 0.25) is 0 Å². The summed E-state index contributed by atoms with van der Waals surface area (Å²) in [6, 6.07) is 8.89. The molecule has 23 heavy (non-hydrogen) atoms. The Hall–Kier alpha value is -2.01. The fraction of sp³-hybridized carbons (Fsp3) is 0.412. The van der Waals surface area contributed by atoms with Crippen LogP contribution in [0.3, 0.4) is 0 Å². The minimum atomic E-state index is -0.189. The second-order valence-corrected chi connectivity index (χ2v) is 5.98. The van der Waals surface area contributed by atoms with Gasteiger partial charge in [-0.15, -0.1) is 12.4 Å². The van der Waals surface area contributed by atoms with E-state index >= 15 is 0 Å². The number of amides is 1. The second-order valence-electron chi connectivity index (χ2n) is 5.98. The van der Waals surface area contributed by atoms with E-state index in [1.165, 1.54) is 38.5 Å². The first-order chi connectivity index (χ1) is 10.7. The van der Waals surface area contributed by atoms with E-state index in [1.807, 2.05) is 6.07 Å². The van der Waals surface area contributed by atoms with Crippen LogP contribution in [0, 0.1) is 0 Å². The first-order valence-corrected chi connectivity index (χ1v) is 7.94. The standard InChI is InChI=1S/C17H22N4O.ClH/c18-14-9-5-8-13(10-14)17(22)19-16-11-15(20-21-16)12-6-3-1-2-4-7-12;/h5,8-12H,1-4,6-7,18H2,(H2,19,20,21,22);1H. The molecule has 124 valence electrons. The summed E-state index contributed by atoms with van der Waals surface area (Å²) in [6.45, 7) is 0. The summed E-state index contributed by atoms with van der Waals surface area (Å²) in [5.41, 5.74) is 7.95. The molecule has 5 nitrogen and oxygen atoms in total. The normalized spacial score (nSPS) is 15.5. The van der Waals surface area contributed by atoms with Gasteiger partial charge in [-0.1, -0.05) is 31.7 Å². The van der Waals surface area contributed by atoms with Crippen molar-refractivity contribution in [3.05, 3.63) is 41.6 Å². The summed E-state index contributed by atoms with van der Waals surface area (Å²) in [5.74, 6) is 0.922. The van der Waals surface area contributed by atoms with Crippen LogP contribution >= 0.6 is 12.4 Å². The van der Waals surface area contributed by atoms with Gasteiger partial charge in [0.15, 0.2) is 5.82 Å². The lowest BCUT2D eigenvalue weighted by molar-refractivity contribution is 0.102. The summed E-state index contributed by atoms with van der Waals surface area (Å²) in [5, 5.41) is 10.1. The summed E-state index contributed by atoms with van der Waals surface area (Å²) < 4.78 is 0. The van der Waals surface area contributed by atoms with Crippen molar-refractivity contribution < 1.29 is 4.79 Å². The lowest BCUT2D eigenvalue weighted by atomic mass is 9.97. The molecule has 1 fully saturated rings. The molecule has 2 aromatic rings. The molecule has 0 bridgehead atoms. The zero-order valence-electron chi connectivity index (χ0n) is 13.0. The quantitative estimate of drug-likeness (QED) is 0.583. The summed E-state index contributed by atoms with van der Waals surface area (Å²) in [4.78, 5) is 12.2. The van der Waals surface area contributed by atoms with Crippen LogP contribution in [0.4, 0.5) is 11.5 Å². The van der Waals surface area contributed by atoms with E-state index in [4.69, 9.17) is 5.73 Å². The zero-order chi connectivity index (χ0) is 15.4. The van der Waals surface area contributed by atoms with Gasteiger partial charge in [-0.25, -0.2) is 0 Å². The maximum Gasteiger partial charge on any atom is 0.256 e. The number of nitrogens with two attached hydrogens (primary N) is 1. The summed E-state index contributed by atoms with van der Waals surface area (Å²) in [6.07, 6.45) is 7.59. The highest BCUT2D eigenvalue weighted by Gasteiger charge is 2.17. The van der Waals surface area contributed by atoms with Gasteiger partial charge in [0, 0.05) is 28.9 Å². The number of hydrogen-bond donors (Lipinski definition) is 3. The van der Waals surface area contributed by atoms with Crippen LogP contribution in [0.15, 0.2) is 30.3 Å². The van der Waals surface area contributed by atoms with E-state index in [1.54, 1.807) is 24.3 Å². The predicted octanol–water partition coefficient (Wildman–Crippen LogP) is 4.10. The average molecular weight is 335 g/mol. The van der Waals surface area contributed by atoms with E-state index in [2.05, 4.69) is 15.5 Å². The Morgan fingerprint density at radius 1 is 1.17 bits per heavy atom. The number of hydrogen-bond acceptors (Lipinski definition) is 3. The minimum absolute atomic E-state index is 0. The monoisotopic (exact) mass is 334 g/mol. The first-order valence-electron chi connectivity index (χ1n) is 7.94. The number of halogens is 1. The number of carbonyl (C=O) groups is 1. The number of benzene rings is 1. The molecular formula is C17H23ClN4O. The fourth-order valence-corrected chi connectivity index (χ4v) is 3.07. The topological polar surface area (TPSA) is 83.8 Å². The van der Waals surface area contributed by atoms with Crippen molar-refractivity contribution in [1.82, 2.24) is 10.2 Å². The van der Waals surface area contributed by atoms with Crippen molar-refractivity contribution in [1.29, 1.82) is 0 Å². The highest BCUT2D eigenvalue weighted by Crippen LogP contribution is 2.31.